The molecule has 2 N–H and O–H groups in total. The SMILES string of the molecule is N#CCC(=O)NN=Cc1cc(Br)ccc1OCc1ccc(C(=O)O)cc1. The largest absolute Gasteiger partial charge is 0.488 e. The highest BCUT2D eigenvalue weighted by molar-refractivity contribution is 9.10. The molecule has 0 aliphatic heterocycles. The highest BCUT2D eigenvalue weighted by Gasteiger charge is 2.06. The molecule has 0 aromatic heterocycles. The van der Waals surface area contributed by atoms with E-state index >= 15 is 0 Å². The number of carboxylic acids is 1. The fourth-order valence-electron chi connectivity index (χ4n) is 1.94. The molecule has 2 aromatic rings. The van der Waals surface area contributed by atoms with Gasteiger partial charge in [0.1, 0.15) is 18.8 Å². The summed E-state index contributed by atoms with van der Waals surface area (Å²) < 4.78 is 6.56. The number of hydrazone groups is 1. The zero-order chi connectivity index (χ0) is 18.9. The zero-order valence-electron chi connectivity index (χ0n) is 13.5. The van der Waals surface area contributed by atoms with E-state index in [0.717, 1.165) is 10.0 Å². The van der Waals surface area contributed by atoms with E-state index in [4.69, 9.17) is 15.1 Å². The van der Waals surface area contributed by atoms with Gasteiger partial charge in [0, 0.05) is 10.0 Å². The lowest BCUT2D eigenvalue weighted by atomic mass is 10.1. The van der Waals surface area contributed by atoms with Crippen molar-refractivity contribution >= 4 is 34.0 Å². The first-order valence-corrected chi connectivity index (χ1v) is 8.22. The van der Waals surface area contributed by atoms with Crippen molar-refractivity contribution in [2.24, 2.45) is 5.10 Å². The van der Waals surface area contributed by atoms with E-state index in [2.05, 4.69) is 26.5 Å². The average Bonchev–Trinajstić information content (AvgIpc) is 2.61. The van der Waals surface area contributed by atoms with Gasteiger partial charge in [-0.15, -0.1) is 0 Å². The minimum atomic E-state index is -0.984. The van der Waals surface area contributed by atoms with Gasteiger partial charge < -0.3 is 9.84 Å². The Morgan fingerprint density at radius 2 is 2.00 bits per heavy atom. The maximum absolute atomic E-state index is 11.2. The minimum Gasteiger partial charge on any atom is -0.488 e. The number of ether oxygens (including phenoxy) is 1. The first-order chi connectivity index (χ1) is 12.5. The number of nitrogens with one attached hydrogen (secondary N) is 1. The highest BCUT2D eigenvalue weighted by Crippen LogP contribution is 2.23. The first-order valence-electron chi connectivity index (χ1n) is 7.43. The Bertz CT molecular complexity index is 873. The molecule has 0 aliphatic rings. The Labute approximate surface area is 158 Å². The molecule has 0 radical (unpaired) electrons. The van der Waals surface area contributed by atoms with Gasteiger partial charge in [0.05, 0.1) is 17.8 Å². The second kappa shape index (κ2) is 9.34. The van der Waals surface area contributed by atoms with Crippen LogP contribution in [0.2, 0.25) is 0 Å². The second-order valence-electron chi connectivity index (χ2n) is 5.10. The van der Waals surface area contributed by atoms with Crippen LogP contribution in [0.3, 0.4) is 0 Å². The third kappa shape index (κ3) is 5.72. The van der Waals surface area contributed by atoms with Crippen LogP contribution in [0.15, 0.2) is 52.0 Å². The zero-order valence-corrected chi connectivity index (χ0v) is 15.1. The molecular formula is C18H14BrN3O4. The van der Waals surface area contributed by atoms with Crippen LogP contribution in [0.25, 0.3) is 0 Å². The van der Waals surface area contributed by atoms with E-state index in [-0.39, 0.29) is 18.6 Å². The van der Waals surface area contributed by atoms with E-state index in [1.165, 1.54) is 18.3 Å². The average molecular weight is 416 g/mol. The molecule has 0 atom stereocenters. The number of nitriles is 1. The Balaban J connectivity index is 2.06. The van der Waals surface area contributed by atoms with Crippen LogP contribution in [0.1, 0.15) is 27.9 Å². The molecule has 132 valence electrons. The molecule has 7 nitrogen and oxygen atoms in total. The molecule has 0 spiro atoms. The van der Waals surface area contributed by atoms with Gasteiger partial charge in [-0.25, -0.2) is 10.2 Å². The number of halogens is 1. The summed E-state index contributed by atoms with van der Waals surface area (Å²) in [5.74, 6) is -0.948. The molecule has 0 aliphatic carbocycles. The second-order valence-corrected chi connectivity index (χ2v) is 6.02. The fraction of sp³-hybridized carbons (Fsp3) is 0.111. The Morgan fingerprint density at radius 3 is 2.65 bits per heavy atom. The Kier molecular flexibility index (Phi) is 6.88. The van der Waals surface area contributed by atoms with Gasteiger partial charge in [-0.2, -0.15) is 10.4 Å². The molecule has 0 heterocycles. The van der Waals surface area contributed by atoms with Gasteiger partial charge in [0.2, 0.25) is 0 Å². The smallest absolute Gasteiger partial charge is 0.335 e. The third-order valence-electron chi connectivity index (χ3n) is 3.20. The molecule has 2 aromatic carbocycles. The van der Waals surface area contributed by atoms with Crippen LogP contribution in [-0.2, 0) is 11.4 Å². The van der Waals surface area contributed by atoms with E-state index in [1.807, 2.05) is 0 Å². The summed E-state index contributed by atoms with van der Waals surface area (Å²) in [6.45, 7) is 0.239. The van der Waals surface area contributed by atoms with E-state index in [9.17, 15) is 9.59 Å². The fourth-order valence-corrected chi connectivity index (χ4v) is 2.32. The lowest BCUT2D eigenvalue weighted by molar-refractivity contribution is -0.120. The predicted octanol–water partition coefficient (Wildman–Crippen LogP) is 3.09. The van der Waals surface area contributed by atoms with Crippen molar-refractivity contribution in [2.45, 2.75) is 13.0 Å². The molecule has 1 amide bonds. The van der Waals surface area contributed by atoms with Gasteiger partial charge >= 0.3 is 5.97 Å². The molecular weight excluding hydrogens is 402 g/mol. The lowest BCUT2D eigenvalue weighted by Gasteiger charge is -2.10. The van der Waals surface area contributed by atoms with Gasteiger partial charge in [0.15, 0.2) is 0 Å². The number of carbonyl (C=O) groups is 2. The van der Waals surface area contributed by atoms with E-state index in [1.54, 1.807) is 36.4 Å². The highest BCUT2D eigenvalue weighted by atomic mass is 79.9. The normalized spacial score (nSPS) is 10.3. The van der Waals surface area contributed by atoms with Crippen LogP contribution in [-0.4, -0.2) is 23.2 Å². The van der Waals surface area contributed by atoms with E-state index < -0.39 is 11.9 Å². The van der Waals surface area contributed by atoms with E-state index in [0.29, 0.717) is 11.3 Å². The van der Waals surface area contributed by atoms with Crippen LogP contribution in [0, 0.1) is 11.3 Å². The van der Waals surface area contributed by atoms with Crippen LogP contribution in [0.4, 0.5) is 0 Å². The number of aromatic carboxylic acids is 1. The maximum atomic E-state index is 11.2. The maximum Gasteiger partial charge on any atom is 0.335 e. The lowest BCUT2D eigenvalue weighted by Crippen LogP contribution is -2.16. The van der Waals surface area contributed by atoms with Crippen molar-refractivity contribution in [3.63, 3.8) is 0 Å². The first kappa shape index (κ1) is 19.1. The Hall–Kier alpha value is -3.18. The number of carboxylic acid groups (broad SMARTS) is 1. The van der Waals surface area contributed by atoms with Gasteiger partial charge in [-0.1, -0.05) is 28.1 Å². The summed E-state index contributed by atoms with van der Waals surface area (Å²) in [4.78, 5) is 22.1. The van der Waals surface area contributed by atoms with Crippen molar-refractivity contribution in [2.75, 3.05) is 0 Å². The topological polar surface area (TPSA) is 112 Å². The molecule has 0 unspecified atom stereocenters. The molecule has 26 heavy (non-hydrogen) atoms. The summed E-state index contributed by atoms with van der Waals surface area (Å²) in [6, 6.07) is 13.4. The standard InChI is InChI=1S/C18H14BrN3O4/c19-15-5-6-16(14(9-15)10-21-22-17(23)7-8-20)26-11-12-1-3-13(4-2-12)18(24)25/h1-6,9-10H,7,11H2,(H,22,23)(H,24,25). The number of hydrogen-bond acceptors (Lipinski definition) is 5. The molecule has 0 saturated carbocycles. The van der Waals surface area contributed by atoms with Crippen molar-refractivity contribution in [3.8, 4) is 11.8 Å². The molecule has 2 rings (SSSR count). The number of benzene rings is 2. The summed E-state index contributed by atoms with van der Waals surface area (Å²) in [5, 5.41) is 21.1. The van der Waals surface area contributed by atoms with Crippen LogP contribution < -0.4 is 10.2 Å². The van der Waals surface area contributed by atoms with Gasteiger partial charge in [-0.3, -0.25) is 4.79 Å². The number of rotatable bonds is 7. The summed E-state index contributed by atoms with van der Waals surface area (Å²) in [7, 11) is 0. The van der Waals surface area contributed by atoms with Crippen molar-refractivity contribution in [1.29, 1.82) is 5.26 Å². The predicted molar refractivity (Wildman–Crippen MR) is 97.8 cm³/mol. The number of amides is 1. The van der Waals surface area contributed by atoms with Crippen LogP contribution >= 0.6 is 15.9 Å². The molecule has 8 heteroatoms. The third-order valence-corrected chi connectivity index (χ3v) is 3.69. The van der Waals surface area contributed by atoms with Crippen molar-refractivity contribution in [3.05, 3.63) is 63.6 Å². The number of hydrogen-bond donors (Lipinski definition) is 2. The summed E-state index contributed by atoms with van der Waals surface area (Å²) in [5.41, 5.74) is 3.89. The van der Waals surface area contributed by atoms with Crippen LogP contribution in [0.5, 0.6) is 5.75 Å². The monoisotopic (exact) mass is 415 g/mol. The summed E-state index contributed by atoms with van der Waals surface area (Å²) in [6.07, 6.45) is 1.15. The molecule has 0 bridgehead atoms. The van der Waals surface area contributed by atoms with Crippen molar-refractivity contribution < 1.29 is 19.4 Å². The van der Waals surface area contributed by atoms with Crippen molar-refractivity contribution in [1.82, 2.24) is 5.43 Å². The Morgan fingerprint density at radius 1 is 1.27 bits per heavy atom. The quantitative estimate of drug-likeness (QED) is 0.532. The number of nitrogens with zero attached hydrogens (tertiary/aromatic N) is 2. The van der Waals surface area contributed by atoms with Gasteiger partial charge in [-0.05, 0) is 35.9 Å². The van der Waals surface area contributed by atoms with Gasteiger partial charge in [0.25, 0.3) is 5.91 Å². The minimum absolute atomic E-state index is 0.207. The molecule has 0 saturated heterocycles. The summed E-state index contributed by atoms with van der Waals surface area (Å²) >= 11 is 3.36. The molecule has 0 fully saturated rings. The number of carbonyl (C=O) groups excluding carboxylic acids is 1.